The highest BCUT2D eigenvalue weighted by Gasteiger charge is 2.31. The maximum absolute atomic E-state index is 13.2. The van der Waals surface area contributed by atoms with E-state index >= 15 is 0 Å². The van der Waals surface area contributed by atoms with Gasteiger partial charge in [0.05, 0.1) is 16.2 Å². The summed E-state index contributed by atoms with van der Waals surface area (Å²) in [6, 6.07) is 14.0. The van der Waals surface area contributed by atoms with Gasteiger partial charge in [-0.2, -0.15) is 4.31 Å². The zero-order chi connectivity index (χ0) is 20.3. The number of carbonyl (C=O) groups excluding carboxylic acids is 1. The van der Waals surface area contributed by atoms with Crippen molar-refractivity contribution in [1.82, 2.24) is 5.16 Å². The molecular formula is C19H19N3O5S. The number of nitrogens with two attached hydrogens (primary N) is 1. The van der Waals surface area contributed by atoms with Crippen molar-refractivity contribution in [3.8, 4) is 0 Å². The van der Waals surface area contributed by atoms with Gasteiger partial charge < -0.3 is 15.0 Å². The summed E-state index contributed by atoms with van der Waals surface area (Å²) in [5.41, 5.74) is 7.42. The predicted octanol–water partition coefficient (Wildman–Crippen LogP) is 2.88. The molecule has 0 spiro atoms. The van der Waals surface area contributed by atoms with E-state index in [4.69, 9.17) is 15.0 Å². The van der Waals surface area contributed by atoms with Crippen LogP contribution < -0.4 is 10.0 Å². The van der Waals surface area contributed by atoms with E-state index < -0.39 is 22.7 Å². The Morgan fingerprint density at radius 1 is 1.11 bits per heavy atom. The van der Waals surface area contributed by atoms with Gasteiger partial charge in [0.15, 0.2) is 6.73 Å². The molecule has 3 rings (SSSR count). The summed E-state index contributed by atoms with van der Waals surface area (Å²) in [4.78, 5) is 12.2. The lowest BCUT2D eigenvalue weighted by Gasteiger charge is -2.21. The number of rotatable bonds is 6. The van der Waals surface area contributed by atoms with Crippen molar-refractivity contribution in [2.45, 2.75) is 18.7 Å². The maximum atomic E-state index is 13.2. The lowest BCUT2D eigenvalue weighted by molar-refractivity contribution is 0.0517. The van der Waals surface area contributed by atoms with Gasteiger partial charge in [-0.3, -0.25) is 0 Å². The molecule has 0 aliphatic carbocycles. The van der Waals surface area contributed by atoms with E-state index in [9.17, 15) is 13.2 Å². The van der Waals surface area contributed by atoms with Gasteiger partial charge in [-0.25, -0.2) is 13.2 Å². The van der Waals surface area contributed by atoms with Crippen LogP contribution in [0.4, 0.5) is 11.6 Å². The molecule has 2 aromatic carbocycles. The van der Waals surface area contributed by atoms with Crippen LogP contribution in [0.5, 0.6) is 0 Å². The quantitative estimate of drug-likeness (QED) is 0.383. The Hall–Kier alpha value is -3.33. The molecule has 0 unspecified atom stereocenters. The van der Waals surface area contributed by atoms with E-state index in [0.29, 0.717) is 22.5 Å². The molecule has 2 N–H and O–H groups in total. The van der Waals surface area contributed by atoms with Gasteiger partial charge in [0.25, 0.3) is 10.0 Å². The number of anilines is 2. The number of nitrogen functional groups attached to an aromatic ring is 1. The number of sulfonamides is 1. The number of esters is 1. The number of benzene rings is 2. The van der Waals surface area contributed by atoms with E-state index in [1.165, 1.54) is 24.3 Å². The fraction of sp³-hybridized carbons (Fsp3) is 0.158. The third-order valence-electron chi connectivity index (χ3n) is 4.15. The zero-order valence-corrected chi connectivity index (χ0v) is 16.1. The number of nitrogens with zero attached hydrogens (tertiary/aromatic N) is 2. The summed E-state index contributed by atoms with van der Waals surface area (Å²) in [5, 5.41) is 3.80. The number of carbonyl (C=O) groups is 1. The summed E-state index contributed by atoms with van der Waals surface area (Å²) in [5.74, 6) is -0.679. The Morgan fingerprint density at radius 3 is 2.32 bits per heavy atom. The summed E-state index contributed by atoms with van der Waals surface area (Å²) < 4.78 is 37.6. The van der Waals surface area contributed by atoms with Gasteiger partial charge in [-0.05, 0) is 50.2 Å². The average molecular weight is 401 g/mol. The highest BCUT2D eigenvalue weighted by atomic mass is 32.2. The molecule has 3 aromatic rings. The van der Waals surface area contributed by atoms with E-state index in [2.05, 4.69) is 5.16 Å². The third kappa shape index (κ3) is 3.84. The first-order valence-electron chi connectivity index (χ1n) is 8.34. The number of hydrogen-bond donors (Lipinski definition) is 1. The SMILES string of the molecule is Cc1noc(N(COC(=O)c2ccccc2)S(=O)(=O)c2ccc(N)cc2)c1C. The Balaban J connectivity index is 1.95. The van der Waals surface area contributed by atoms with Gasteiger partial charge >= 0.3 is 5.97 Å². The molecule has 1 heterocycles. The lowest BCUT2D eigenvalue weighted by atomic mass is 10.2. The van der Waals surface area contributed by atoms with Crippen molar-refractivity contribution in [2.24, 2.45) is 0 Å². The van der Waals surface area contributed by atoms with Gasteiger partial charge in [-0.1, -0.05) is 23.4 Å². The summed E-state index contributed by atoms with van der Waals surface area (Å²) >= 11 is 0. The molecule has 1 aromatic heterocycles. The van der Waals surface area contributed by atoms with E-state index in [0.717, 1.165) is 4.31 Å². The fourth-order valence-electron chi connectivity index (χ4n) is 2.41. The Morgan fingerprint density at radius 2 is 1.75 bits per heavy atom. The normalized spacial score (nSPS) is 11.2. The van der Waals surface area contributed by atoms with Crippen molar-refractivity contribution < 1.29 is 22.5 Å². The van der Waals surface area contributed by atoms with Gasteiger partial charge in [0.2, 0.25) is 5.88 Å². The molecule has 28 heavy (non-hydrogen) atoms. The minimum atomic E-state index is -4.09. The number of aryl methyl sites for hydroxylation is 1. The molecule has 146 valence electrons. The molecule has 0 bridgehead atoms. The van der Waals surface area contributed by atoms with Crippen LogP contribution in [0.2, 0.25) is 0 Å². The van der Waals surface area contributed by atoms with Crippen molar-refractivity contribution in [3.05, 3.63) is 71.4 Å². The second-order valence-corrected chi connectivity index (χ2v) is 7.91. The maximum Gasteiger partial charge on any atom is 0.339 e. The average Bonchev–Trinajstić information content (AvgIpc) is 3.01. The highest BCUT2D eigenvalue weighted by Crippen LogP contribution is 2.29. The molecule has 8 nitrogen and oxygen atoms in total. The minimum absolute atomic E-state index is 0.0183. The highest BCUT2D eigenvalue weighted by molar-refractivity contribution is 7.92. The minimum Gasteiger partial charge on any atom is -0.439 e. The van der Waals surface area contributed by atoms with E-state index in [-0.39, 0.29) is 10.8 Å². The Labute approximate surface area is 162 Å². The number of hydrogen-bond acceptors (Lipinski definition) is 7. The third-order valence-corrected chi connectivity index (χ3v) is 5.87. The van der Waals surface area contributed by atoms with Crippen LogP contribution in [-0.4, -0.2) is 26.3 Å². The van der Waals surface area contributed by atoms with Gasteiger partial charge in [-0.15, -0.1) is 0 Å². The molecule has 0 radical (unpaired) electrons. The molecule has 0 saturated heterocycles. The van der Waals surface area contributed by atoms with Crippen LogP contribution >= 0.6 is 0 Å². The largest absolute Gasteiger partial charge is 0.439 e. The van der Waals surface area contributed by atoms with E-state index in [1.807, 2.05) is 0 Å². The van der Waals surface area contributed by atoms with Crippen molar-refractivity contribution >= 4 is 27.6 Å². The molecular weight excluding hydrogens is 382 g/mol. The molecule has 0 atom stereocenters. The Kier molecular flexibility index (Phi) is 5.36. The van der Waals surface area contributed by atoms with Gasteiger partial charge in [0, 0.05) is 11.3 Å². The number of ether oxygens (including phenoxy) is 1. The van der Waals surface area contributed by atoms with E-state index in [1.54, 1.807) is 44.2 Å². The molecule has 0 aliphatic heterocycles. The van der Waals surface area contributed by atoms with Crippen molar-refractivity contribution in [3.63, 3.8) is 0 Å². The molecule has 0 amide bonds. The standard InChI is InChI=1S/C19H19N3O5S/c1-13-14(2)21-27-18(13)22(12-26-19(23)15-6-4-3-5-7-15)28(24,25)17-10-8-16(20)9-11-17/h3-11H,12,20H2,1-2H3. The fourth-order valence-corrected chi connectivity index (χ4v) is 3.73. The van der Waals surface area contributed by atoms with Gasteiger partial charge in [0.1, 0.15) is 0 Å². The smallest absolute Gasteiger partial charge is 0.339 e. The van der Waals surface area contributed by atoms with Crippen LogP contribution in [0.15, 0.2) is 64.0 Å². The molecule has 0 fully saturated rings. The first-order valence-corrected chi connectivity index (χ1v) is 9.78. The van der Waals surface area contributed by atoms with Crippen LogP contribution in [0, 0.1) is 13.8 Å². The molecule has 0 aliphatic rings. The van der Waals surface area contributed by atoms with Crippen molar-refractivity contribution in [2.75, 3.05) is 16.8 Å². The summed E-state index contributed by atoms with van der Waals surface area (Å²) in [7, 11) is -4.09. The first kappa shape index (κ1) is 19.4. The monoisotopic (exact) mass is 401 g/mol. The topological polar surface area (TPSA) is 116 Å². The molecule has 0 saturated carbocycles. The summed E-state index contributed by atoms with van der Waals surface area (Å²) in [6.07, 6.45) is 0. The lowest BCUT2D eigenvalue weighted by Crippen LogP contribution is -2.34. The second-order valence-electron chi connectivity index (χ2n) is 6.05. The van der Waals surface area contributed by atoms with Crippen LogP contribution in [0.25, 0.3) is 0 Å². The predicted molar refractivity (Wildman–Crippen MR) is 103 cm³/mol. The zero-order valence-electron chi connectivity index (χ0n) is 15.3. The van der Waals surface area contributed by atoms with Crippen LogP contribution in [-0.2, 0) is 14.8 Å². The summed E-state index contributed by atoms with van der Waals surface area (Å²) in [6.45, 7) is 2.79. The van der Waals surface area contributed by atoms with Crippen LogP contribution in [0.3, 0.4) is 0 Å². The number of aromatic nitrogens is 1. The second kappa shape index (κ2) is 7.73. The molecule has 9 heteroatoms. The van der Waals surface area contributed by atoms with Crippen molar-refractivity contribution in [1.29, 1.82) is 0 Å². The Bertz CT molecular complexity index is 1080. The first-order chi connectivity index (χ1) is 13.3. The van der Waals surface area contributed by atoms with Crippen LogP contribution in [0.1, 0.15) is 21.6 Å².